The first-order valence-corrected chi connectivity index (χ1v) is 7.37. The van der Waals surface area contributed by atoms with Crippen molar-refractivity contribution in [1.29, 1.82) is 0 Å². The second-order valence-corrected chi connectivity index (χ2v) is 6.72. The van der Waals surface area contributed by atoms with Crippen molar-refractivity contribution in [3.8, 4) is 0 Å². The van der Waals surface area contributed by atoms with E-state index in [1.165, 1.54) is 10.9 Å². The Balaban J connectivity index is 2.82. The number of nitrogens with one attached hydrogen (secondary N) is 1. The summed E-state index contributed by atoms with van der Waals surface area (Å²) in [4.78, 5) is 14.0. The Morgan fingerprint density at radius 2 is 2.14 bits per heavy atom. The molecule has 6 nitrogen and oxygen atoms in total. The second-order valence-electron chi connectivity index (χ2n) is 6.34. The van der Waals surface area contributed by atoms with Crippen molar-refractivity contribution in [3.63, 3.8) is 0 Å². The normalized spacial score (nSPS) is 14.5. The highest BCUT2D eigenvalue weighted by Crippen LogP contribution is 2.17. The molecule has 0 radical (unpaired) electrons. The van der Waals surface area contributed by atoms with Crippen molar-refractivity contribution in [1.82, 2.24) is 14.7 Å². The van der Waals surface area contributed by atoms with E-state index in [-0.39, 0.29) is 17.1 Å². The van der Waals surface area contributed by atoms with Crippen LogP contribution in [0.5, 0.6) is 0 Å². The molecule has 0 saturated carbocycles. The molecule has 1 heterocycles. The van der Waals surface area contributed by atoms with Crippen molar-refractivity contribution in [2.75, 3.05) is 32.5 Å². The third-order valence-corrected chi connectivity index (χ3v) is 3.20. The summed E-state index contributed by atoms with van der Waals surface area (Å²) in [5.41, 5.74) is -0.803. The first-order chi connectivity index (χ1) is 9.62. The predicted octanol–water partition coefficient (Wildman–Crippen LogP) is 1.28. The lowest BCUT2D eigenvalue weighted by Gasteiger charge is -2.27. The van der Waals surface area contributed by atoms with E-state index in [4.69, 9.17) is 11.6 Å². The van der Waals surface area contributed by atoms with Crippen LogP contribution in [0.3, 0.4) is 0 Å². The molecule has 0 aromatic carbocycles. The fourth-order valence-corrected chi connectivity index (χ4v) is 2.30. The first-order valence-electron chi connectivity index (χ1n) is 6.99. The van der Waals surface area contributed by atoms with E-state index in [2.05, 4.69) is 10.4 Å². The van der Waals surface area contributed by atoms with Crippen LogP contribution < -0.4 is 10.9 Å². The van der Waals surface area contributed by atoms with E-state index in [0.29, 0.717) is 24.7 Å². The van der Waals surface area contributed by atoms with Gasteiger partial charge in [0.2, 0.25) is 0 Å². The largest absolute Gasteiger partial charge is 0.387 e. The molecule has 0 aliphatic heterocycles. The Kier molecular flexibility index (Phi) is 6.19. The van der Waals surface area contributed by atoms with Gasteiger partial charge in [0.1, 0.15) is 5.02 Å². The van der Waals surface area contributed by atoms with Gasteiger partial charge in [0.15, 0.2) is 0 Å². The van der Waals surface area contributed by atoms with Gasteiger partial charge in [-0.05, 0) is 26.9 Å². The average molecular weight is 317 g/mol. The first kappa shape index (κ1) is 17.9. The monoisotopic (exact) mass is 316 g/mol. The highest BCUT2D eigenvalue weighted by atomic mass is 35.5. The molecule has 0 saturated heterocycles. The average Bonchev–Trinajstić information content (AvgIpc) is 2.32. The number of anilines is 1. The molecular weight excluding hydrogens is 292 g/mol. The summed E-state index contributed by atoms with van der Waals surface area (Å²) in [6.45, 7) is 7.04. The molecule has 7 heteroatoms. The summed E-state index contributed by atoms with van der Waals surface area (Å²) in [5.74, 6) is 0.311. The molecule has 1 atom stereocenters. The molecule has 21 heavy (non-hydrogen) atoms. The van der Waals surface area contributed by atoms with Gasteiger partial charge in [0.25, 0.3) is 5.56 Å². The maximum absolute atomic E-state index is 12.1. The molecule has 2 N–H and O–H groups in total. The van der Waals surface area contributed by atoms with Crippen LogP contribution in [0.1, 0.15) is 20.8 Å². The number of aliphatic hydroxyl groups is 1. The van der Waals surface area contributed by atoms with Gasteiger partial charge in [-0.25, -0.2) is 4.68 Å². The van der Waals surface area contributed by atoms with Gasteiger partial charge in [-0.2, -0.15) is 5.10 Å². The molecule has 1 aromatic rings. The van der Waals surface area contributed by atoms with E-state index in [9.17, 15) is 9.90 Å². The third-order valence-electron chi connectivity index (χ3n) is 2.84. The Labute approximate surface area is 130 Å². The maximum Gasteiger partial charge on any atom is 0.287 e. The third kappa shape index (κ3) is 5.65. The van der Waals surface area contributed by atoms with Gasteiger partial charge in [-0.3, -0.25) is 4.79 Å². The molecule has 1 aromatic heterocycles. The van der Waals surface area contributed by atoms with Crippen LogP contribution >= 0.6 is 11.6 Å². The number of nitrogens with zero attached hydrogens (tertiary/aromatic N) is 3. The highest BCUT2D eigenvalue weighted by Gasteiger charge is 2.22. The minimum atomic E-state index is -0.931. The molecule has 1 unspecified atom stereocenters. The van der Waals surface area contributed by atoms with Gasteiger partial charge < -0.3 is 15.3 Å². The Bertz CT molecular complexity index is 526. The quantitative estimate of drug-likeness (QED) is 0.793. The topological polar surface area (TPSA) is 70.4 Å². The SMILES string of the molecule is CC(C)Cn1ncc(NCC(C)(O)CN(C)C)c(Cl)c1=O. The van der Waals surface area contributed by atoms with Crippen LogP contribution in [0.15, 0.2) is 11.0 Å². The predicted molar refractivity (Wildman–Crippen MR) is 86.0 cm³/mol. The lowest BCUT2D eigenvalue weighted by molar-refractivity contribution is 0.0460. The van der Waals surface area contributed by atoms with E-state index < -0.39 is 5.60 Å². The molecule has 1 rings (SSSR count). The molecule has 0 fully saturated rings. The number of rotatable bonds is 7. The van der Waals surface area contributed by atoms with Crippen LogP contribution in [0.25, 0.3) is 0 Å². The van der Waals surface area contributed by atoms with E-state index in [1.54, 1.807) is 6.92 Å². The Morgan fingerprint density at radius 3 is 2.67 bits per heavy atom. The minimum Gasteiger partial charge on any atom is -0.387 e. The fraction of sp³-hybridized carbons (Fsp3) is 0.714. The zero-order chi connectivity index (χ0) is 16.2. The summed E-state index contributed by atoms with van der Waals surface area (Å²) in [7, 11) is 3.77. The molecule has 0 spiro atoms. The molecule has 0 aliphatic rings. The second kappa shape index (κ2) is 7.24. The summed E-state index contributed by atoms with van der Waals surface area (Å²) >= 11 is 6.09. The number of hydrogen-bond donors (Lipinski definition) is 2. The van der Waals surface area contributed by atoms with Crippen molar-refractivity contribution >= 4 is 17.3 Å². The van der Waals surface area contributed by atoms with Crippen LogP contribution in [0, 0.1) is 5.92 Å². The van der Waals surface area contributed by atoms with Gasteiger partial charge in [0.05, 0.1) is 17.5 Å². The number of halogens is 1. The Morgan fingerprint density at radius 1 is 1.52 bits per heavy atom. The Hall–Kier alpha value is -1.11. The van der Waals surface area contributed by atoms with Gasteiger partial charge in [-0.1, -0.05) is 25.4 Å². The highest BCUT2D eigenvalue weighted by molar-refractivity contribution is 6.32. The molecular formula is C14H25ClN4O2. The van der Waals surface area contributed by atoms with Crippen LogP contribution in [-0.2, 0) is 6.54 Å². The number of aromatic nitrogens is 2. The van der Waals surface area contributed by atoms with E-state index in [0.717, 1.165) is 0 Å². The number of hydrogen-bond acceptors (Lipinski definition) is 5. The molecule has 0 bridgehead atoms. The summed E-state index contributed by atoms with van der Waals surface area (Å²) in [6, 6.07) is 0. The minimum absolute atomic E-state index is 0.103. The maximum atomic E-state index is 12.1. The molecule has 120 valence electrons. The molecule has 0 amide bonds. The summed E-state index contributed by atoms with van der Waals surface area (Å²) in [5, 5.41) is 17.4. The van der Waals surface area contributed by atoms with Crippen molar-refractivity contribution in [2.45, 2.75) is 32.9 Å². The zero-order valence-electron chi connectivity index (χ0n) is 13.4. The lowest BCUT2D eigenvalue weighted by Crippen LogP contribution is -2.43. The van der Waals surface area contributed by atoms with Gasteiger partial charge in [0, 0.05) is 19.6 Å². The smallest absolute Gasteiger partial charge is 0.287 e. The summed E-state index contributed by atoms with van der Waals surface area (Å²) < 4.78 is 1.36. The molecule has 0 aliphatic carbocycles. The van der Waals surface area contributed by atoms with Crippen molar-refractivity contribution < 1.29 is 5.11 Å². The number of likely N-dealkylation sites (N-methyl/N-ethyl adjacent to an activating group) is 1. The lowest BCUT2D eigenvalue weighted by atomic mass is 10.1. The van der Waals surface area contributed by atoms with Crippen LogP contribution in [0.2, 0.25) is 5.02 Å². The van der Waals surface area contributed by atoms with Crippen molar-refractivity contribution in [3.05, 3.63) is 21.6 Å². The van der Waals surface area contributed by atoms with Crippen LogP contribution in [-0.4, -0.2) is 52.6 Å². The van der Waals surface area contributed by atoms with E-state index >= 15 is 0 Å². The zero-order valence-corrected chi connectivity index (χ0v) is 14.1. The van der Waals surface area contributed by atoms with E-state index in [1.807, 2.05) is 32.8 Å². The van der Waals surface area contributed by atoms with Gasteiger partial charge >= 0.3 is 0 Å². The summed E-state index contributed by atoms with van der Waals surface area (Å²) in [6.07, 6.45) is 1.53. The van der Waals surface area contributed by atoms with Crippen LogP contribution in [0.4, 0.5) is 5.69 Å². The fourth-order valence-electron chi connectivity index (χ4n) is 2.09. The standard InChI is InChI=1S/C14H25ClN4O2/c1-10(2)7-19-13(20)12(15)11(6-17-19)16-8-14(3,21)9-18(4)5/h6,10,16,21H,7-9H2,1-5H3. The van der Waals surface area contributed by atoms with Crippen molar-refractivity contribution in [2.24, 2.45) is 5.92 Å². The van der Waals surface area contributed by atoms with Gasteiger partial charge in [-0.15, -0.1) is 0 Å².